The van der Waals surface area contributed by atoms with E-state index in [1.807, 2.05) is 0 Å². The highest BCUT2D eigenvalue weighted by molar-refractivity contribution is 7.80. The molecule has 0 spiro atoms. The molecule has 0 radical (unpaired) electrons. The minimum Gasteiger partial charge on any atom is -0.485 e. The van der Waals surface area contributed by atoms with Crippen LogP contribution in [-0.4, -0.2) is 24.7 Å². The van der Waals surface area contributed by atoms with E-state index in [1.54, 1.807) is 32.0 Å². The van der Waals surface area contributed by atoms with E-state index in [-0.39, 0.29) is 6.42 Å². The first kappa shape index (κ1) is 15.0. The third-order valence-corrected chi connectivity index (χ3v) is 4.10. The Hall–Kier alpha value is -1.90. The molecule has 3 rings (SSSR count). The molecule has 8 heteroatoms. The van der Waals surface area contributed by atoms with Crippen LogP contribution < -0.4 is 10.4 Å². The summed E-state index contributed by atoms with van der Waals surface area (Å²) in [6.45, 7) is 3.30. The molecule has 0 fully saturated rings. The summed E-state index contributed by atoms with van der Waals surface area (Å²) in [4.78, 5) is 11.4. The van der Waals surface area contributed by atoms with Gasteiger partial charge in [0.05, 0.1) is 0 Å². The maximum atomic E-state index is 11.4. The molecule has 1 atom stereocenters. The van der Waals surface area contributed by atoms with E-state index in [1.165, 1.54) is 6.07 Å². The number of rotatable bonds is 2. The van der Waals surface area contributed by atoms with Gasteiger partial charge in [-0.15, -0.1) is 0 Å². The molecule has 118 valence electrons. The van der Waals surface area contributed by atoms with Gasteiger partial charge in [-0.05, 0) is 32.0 Å². The predicted octanol–water partition coefficient (Wildman–Crippen LogP) is 1.69. The Balaban J connectivity index is 2.15. The van der Waals surface area contributed by atoms with Gasteiger partial charge in [0.2, 0.25) is 0 Å². The van der Waals surface area contributed by atoms with Crippen LogP contribution in [0.4, 0.5) is 0 Å². The quantitative estimate of drug-likeness (QED) is 0.661. The average Bonchev–Trinajstić information content (AvgIpc) is 2.38. The van der Waals surface area contributed by atoms with Crippen molar-refractivity contribution in [3.8, 4) is 5.75 Å². The summed E-state index contributed by atoms with van der Waals surface area (Å²) in [6.07, 6.45) is -0.835. The molecule has 0 saturated heterocycles. The van der Waals surface area contributed by atoms with Crippen LogP contribution in [-0.2, 0) is 21.0 Å². The summed E-state index contributed by atoms with van der Waals surface area (Å²) in [5.74, 6) is 0.488. The average molecular weight is 326 g/mol. The summed E-state index contributed by atoms with van der Waals surface area (Å²) in [7, 11) is -4.63. The molecule has 22 heavy (non-hydrogen) atoms. The van der Waals surface area contributed by atoms with Gasteiger partial charge in [0.1, 0.15) is 23.0 Å². The fourth-order valence-electron chi connectivity index (χ4n) is 2.54. The molecule has 0 saturated carbocycles. The van der Waals surface area contributed by atoms with Crippen molar-refractivity contribution in [2.24, 2.45) is 0 Å². The summed E-state index contributed by atoms with van der Waals surface area (Å²) < 4.78 is 46.7. The molecule has 2 heterocycles. The Bertz CT molecular complexity index is 895. The van der Waals surface area contributed by atoms with E-state index in [2.05, 4.69) is 0 Å². The first-order chi connectivity index (χ1) is 10.2. The highest BCUT2D eigenvalue weighted by atomic mass is 32.3. The summed E-state index contributed by atoms with van der Waals surface area (Å²) in [5.41, 5.74) is -0.642. The van der Waals surface area contributed by atoms with Crippen LogP contribution in [0.25, 0.3) is 11.0 Å². The standard InChI is InChI=1S/C14H14O7S/c1-14(2)11(21-22(16,17)18)7-9-10(20-14)5-3-8-4-6-12(15)19-13(8)9/h3-6,11H,7H2,1-2H3,(H,16,17,18)/t11-/m1/s1. The maximum absolute atomic E-state index is 11.4. The highest BCUT2D eigenvalue weighted by Gasteiger charge is 2.41. The van der Waals surface area contributed by atoms with E-state index >= 15 is 0 Å². The minimum absolute atomic E-state index is 0.117. The molecule has 7 nitrogen and oxygen atoms in total. The van der Waals surface area contributed by atoms with Crippen molar-refractivity contribution in [1.82, 2.24) is 0 Å². The molecule has 0 bridgehead atoms. The topological polar surface area (TPSA) is 103 Å². The zero-order valence-corrected chi connectivity index (χ0v) is 12.7. The smallest absolute Gasteiger partial charge is 0.397 e. The Morgan fingerprint density at radius 2 is 1.95 bits per heavy atom. The van der Waals surface area contributed by atoms with Gasteiger partial charge in [-0.1, -0.05) is 0 Å². The van der Waals surface area contributed by atoms with E-state index in [0.29, 0.717) is 22.3 Å². The van der Waals surface area contributed by atoms with E-state index in [0.717, 1.165) is 0 Å². The summed E-state index contributed by atoms with van der Waals surface area (Å²) in [5, 5.41) is 0.687. The van der Waals surface area contributed by atoms with Crippen LogP contribution in [0.3, 0.4) is 0 Å². The SMILES string of the molecule is CC1(C)Oc2ccc3ccc(=O)oc3c2C[C@H]1OS(=O)(=O)O. The molecule has 0 aliphatic carbocycles. The van der Waals surface area contributed by atoms with Crippen LogP contribution in [0, 0.1) is 0 Å². The fourth-order valence-corrected chi connectivity index (χ4v) is 3.13. The fraction of sp³-hybridized carbons (Fsp3) is 0.357. The minimum atomic E-state index is -4.63. The number of hydrogen-bond donors (Lipinski definition) is 1. The molecule has 1 aromatic heterocycles. The van der Waals surface area contributed by atoms with E-state index in [9.17, 15) is 13.2 Å². The Labute approximate surface area is 126 Å². The van der Waals surface area contributed by atoms with Gasteiger partial charge in [0.25, 0.3) is 0 Å². The van der Waals surface area contributed by atoms with Crippen LogP contribution in [0.2, 0.25) is 0 Å². The Morgan fingerprint density at radius 3 is 2.64 bits per heavy atom. The van der Waals surface area contributed by atoms with Gasteiger partial charge in [-0.25, -0.2) is 8.98 Å². The van der Waals surface area contributed by atoms with E-state index < -0.39 is 27.7 Å². The first-order valence-electron chi connectivity index (χ1n) is 6.56. The Kier molecular flexibility index (Phi) is 3.28. The van der Waals surface area contributed by atoms with Gasteiger partial charge >= 0.3 is 16.0 Å². The van der Waals surface area contributed by atoms with Gasteiger partial charge in [-0.3, -0.25) is 4.55 Å². The molecule has 1 N–H and O–H groups in total. The second-order valence-corrected chi connectivity index (χ2v) is 6.69. The van der Waals surface area contributed by atoms with Gasteiger partial charge in [0, 0.05) is 23.4 Å². The summed E-state index contributed by atoms with van der Waals surface area (Å²) >= 11 is 0. The van der Waals surface area contributed by atoms with Crippen LogP contribution in [0.1, 0.15) is 19.4 Å². The van der Waals surface area contributed by atoms with Crippen molar-refractivity contribution in [2.75, 3.05) is 0 Å². The molecular formula is C14H14O7S. The van der Waals surface area contributed by atoms with Crippen molar-refractivity contribution >= 4 is 21.4 Å². The summed E-state index contributed by atoms with van der Waals surface area (Å²) in [6, 6.07) is 6.38. The lowest BCUT2D eigenvalue weighted by Gasteiger charge is -2.38. The lowest BCUT2D eigenvalue weighted by atomic mass is 9.90. The predicted molar refractivity (Wildman–Crippen MR) is 77.3 cm³/mol. The molecule has 1 aliphatic heterocycles. The zero-order valence-electron chi connectivity index (χ0n) is 11.9. The monoisotopic (exact) mass is 326 g/mol. The third-order valence-electron chi connectivity index (χ3n) is 3.63. The third kappa shape index (κ3) is 2.72. The normalized spacial score (nSPS) is 20.4. The molecule has 1 aromatic carbocycles. The first-order valence-corrected chi connectivity index (χ1v) is 7.93. The number of benzene rings is 1. The highest BCUT2D eigenvalue weighted by Crippen LogP contribution is 2.38. The lowest BCUT2D eigenvalue weighted by Crippen LogP contribution is -2.48. The van der Waals surface area contributed by atoms with Crippen molar-refractivity contribution in [2.45, 2.75) is 32.0 Å². The number of fused-ring (bicyclic) bond motifs is 3. The largest absolute Gasteiger partial charge is 0.485 e. The van der Waals surface area contributed by atoms with Crippen molar-refractivity contribution in [3.63, 3.8) is 0 Å². The molecule has 2 aromatic rings. The Morgan fingerprint density at radius 1 is 1.27 bits per heavy atom. The lowest BCUT2D eigenvalue weighted by molar-refractivity contribution is -0.0283. The van der Waals surface area contributed by atoms with Crippen molar-refractivity contribution in [1.29, 1.82) is 0 Å². The van der Waals surface area contributed by atoms with Gasteiger partial charge in [-0.2, -0.15) is 8.42 Å². The zero-order chi connectivity index (χ0) is 16.1. The van der Waals surface area contributed by atoms with Gasteiger partial charge < -0.3 is 9.15 Å². The van der Waals surface area contributed by atoms with Crippen molar-refractivity contribution < 1.29 is 26.3 Å². The second-order valence-electron chi connectivity index (χ2n) is 5.64. The van der Waals surface area contributed by atoms with Crippen molar-refractivity contribution in [3.05, 3.63) is 40.2 Å². The van der Waals surface area contributed by atoms with Crippen LogP contribution in [0.15, 0.2) is 33.5 Å². The van der Waals surface area contributed by atoms with Crippen LogP contribution >= 0.6 is 0 Å². The van der Waals surface area contributed by atoms with E-state index in [4.69, 9.17) is 17.9 Å². The maximum Gasteiger partial charge on any atom is 0.397 e. The molecular weight excluding hydrogens is 312 g/mol. The van der Waals surface area contributed by atoms with Crippen LogP contribution in [0.5, 0.6) is 5.75 Å². The molecule has 0 unspecified atom stereocenters. The number of hydrogen-bond acceptors (Lipinski definition) is 6. The molecule has 1 aliphatic rings. The van der Waals surface area contributed by atoms with Gasteiger partial charge in [0.15, 0.2) is 0 Å². The second kappa shape index (κ2) is 4.80. The molecule has 0 amide bonds. The number of ether oxygens (including phenoxy) is 1.